The van der Waals surface area contributed by atoms with Crippen LogP contribution in [-0.4, -0.2) is 77.4 Å². The largest absolute Gasteiger partial charge is 0.471 e. The molecule has 27 heavy (non-hydrogen) atoms. The molecular weight excluding hydrogens is 365 g/mol. The average molecular weight is 388 g/mol. The van der Waals surface area contributed by atoms with Gasteiger partial charge in [0.1, 0.15) is 0 Å². The van der Waals surface area contributed by atoms with Crippen LogP contribution < -0.4 is 0 Å². The number of halogens is 3. The van der Waals surface area contributed by atoms with E-state index in [2.05, 4.69) is 10.2 Å². The van der Waals surface area contributed by atoms with Gasteiger partial charge in [-0.2, -0.15) is 18.3 Å². The summed E-state index contributed by atoms with van der Waals surface area (Å²) >= 11 is 0. The highest BCUT2D eigenvalue weighted by molar-refractivity contribution is 5.93. The van der Waals surface area contributed by atoms with Crippen molar-refractivity contribution in [3.05, 3.63) is 18.0 Å². The minimum atomic E-state index is -4.88. The second-order valence-electron chi connectivity index (χ2n) is 7.37. The van der Waals surface area contributed by atoms with Crippen LogP contribution in [0, 0.1) is 5.41 Å². The fraction of sp³-hybridized carbons (Fsp3) is 0.706. The highest BCUT2D eigenvalue weighted by atomic mass is 19.4. The van der Waals surface area contributed by atoms with Crippen LogP contribution in [0.1, 0.15) is 36.0 Å². The highest BCUT2D eigenvalue weighted by Gasteiger charge is 2.50. The topological polar surface area (TPSA) is 78.5 Å². The van der Waals surface area contributed by atoms with Crippen molar-refractivity contribution in [2.24, 2.45) is 5.41 Å². The summed E-state index contributed by atoms with van der Waals surface area (Å²) in [5, 5.41) is 6.35. The number of aromatic amines is 1. The summed E-state index contributed by atoms with van der Waals surface area (Å²) < 4.78 is 44.3. The van der Waals surface area contributed by atoms with E-state index in [0.717, 1.165) is 4.90 Å². The Kier molecular flexibility index (Phi) is 5.45. The molecule has 0 atom stereocenters. The minimum Gasteiger partial charge on any atom is -0.384 e. The lowest BCUT2D eigenvalue weighted by Gasteiger charge is -2.44. The molecule has 0 bridgehead atoms. The van der Waals surface area contributed by atoms with Gasteiger partial charge in [-0.15, -0.1) is 0 Å². The van der Waals surface area contributed by atoms with Crippen molar-refractivity contribution in [1.29, 1.82) is 0 Å². The van der Waals surface area contributed by atoms with E-state index in [1.165, 1.54) is 19.5 Å². The fourth-order valence-electron chi connectivity index (χ4n) is 3.67. The van der Waals surface area contributed by atoms with Gasteiger partial charge < -0.3 is 14.5 Å². The van der Waals surface area contributed by atoms with Crippen LogP contribution in [0.5, 0.6) is 0 Å². The van der Waals surface area contributed by atoms with Gasteiger partial charge in [-0.1, -0.05) is 0 Å². The zero-order valence-electron chi connectivity index (χ0n) is 15.1. The number of methoxy groups -OCH3 is 1. The first-order valence-corrected chi connectivity index (χ1v) is 8.90. The first-order valence-electron chi connectivity index (χ1n) is 8.90. The normalized spacial score (nSPS) is 19.8. The molecule has 150 valence electrons. The summed E-state index contributed by atoms with van der Waals surface area (Å²) in [4.78, 5) is 26.9. The zero-order valence-corrected chi connectivity index (χ0v) is 15.1. The molecule has 0 spiro atoms. The molecule has 10 heteroatoms. The summed E-state index contributed by atoms with van der Waals surface area (Å²) in [6, 6.07) is -0.349. The van der Waals surface area contributed by atoms with E-state index >= 15 is 0 Å². The third-order valence-electron chi connectivity index (χ3n) is 5.30. The molecule has 1 aromatic heterocycles. The van der Waals surface area contributed by atoms with Gasteiger partial charge in [0.25, 0.3) is 5.91 Å². The maximum atomic E-state index is 13.0. The maximum Gasteiger partial charge on any atom is 0.471 e. The number of aromatic nitrogens is 2. The summed E-state index contributed by atoms with van der Waals surface area (Å²) in [5.74, 6) is -1.95. The SMILES string of the molecule is COCC1(CN(C(=O)C(F)(F)F)C2CC2)CCN(C(=O)c2cn[nH]c2)CC1. The molecule has 2 aliphatic rings. The Hall–Kier alpha value is -2.10. The van der Waals surface area contributed by atoms with E-state index in [-0.39, 0.29) is 25.1 Å². The van der Waals surface area contributed by atoms with E-state index in [1.54, 1.807) is 4.90 Å². The fourth-order valence-corrected chi connectivity index (χ4v) is 3.67. The van der Waals surface area contributed by atoms with Crippen molar-refractivity contribution in [2.45, 2.75) is 37.9 Å². The summed E-state index contributed by atoms with van der Waals surface area (Å²) in [6.07, 6.45) is 0.199. The van der Waals surface area contributed by atoms with Crippen molar-refractivity contribution in [2.75, 3.05) is 33.4 Å². The molecule has 0 aromatic carbocycles. The molecule has 7 nitrogen and oxygen atoms in total. The van der Waals surface area contributed by atoms with Crippen LogP contribution in [0.3, 0.4) is 0 Å². The van der Waals surface area contributed by atoms with Crippen LogP contribution in [0.15, 0.2) is 12.4 Å². The van der Waals surface area contributed by atoms with Gasteiger partial charge in [0.05, 0.1) is 18.4 Å². The Labute approximate surface area is 154 Å². The Bertz CT molecular complexity index is 665. The number of hydrogen-bond donors (Lipinski definition) is 1. The molecule has 1 saturated carbocycles. The van der Waals surface area contributed by atoms with Gasteiger partial charge in [-0.3, -0.25) is 14.7 Å². The van der Waals surface area contributed by atoms with E-state index in [0.29, 0.717) is 44.3 Å². The number of carbonyl (C=O) groups is 2. The van der Waals surface area contributed by atoms with Crippen LogP contribution >= 0.6 is 0 Å². The maximum absolute atomic E-state index is 13.0. The monoisotopic (exact) mass is 388 g/mol. The number of carbonyl (C=O) groups excluding carboxylic acids is 2. The highest BCUT2D eigenvalue weighted by Crippen LogP contribution is 2.39. The number of likely N-dealkylation sites (tertiary alicyclic amines) is 1. The molecule has 2 heterocycles. The third kappa shape index (κ3) is 4.42. The van der Waals surface area contributed by atoms with Crippen molar-refractivity contribution in [3.8, 4) is 0 Å². The average Bonchev–Trinajstić information content (AvgIpc) is 3.32. The molecule has 1 N–H and O–H groups in total. The van der Waals surface area contributed by atoms with Gasteiger partial charge in [-0.25, -0.2) is 0 Å². The third-order valence-corrected chi connectivity index (χ3v) is 5.30. The smallest absolute Gasteiger partial charge is 0.384 e. The quantitative estimate of drug-likeness (QED) is 0.807. The molecule has 2 fully saturated rings. The molecule has 3 rings (SSSR count). The Morgan fingerprint density at radius 1 is 1.37 bits per heavy atom. The number of piperidine rings is 1. The number of amides is 2. The Morgan fingerprint density at radius 2 is 2.04 bits per heavy atom. The summed E-state index contributed by atoms with van der Waals surface area (Å²) in [6.45, 7) is 1.03. The zero-order chi connectivity index (χ0) is 19.7. The Morgan fingerprint density at radius 3 is 2.52 bits per heavy atom. The molecule has 1 aromatic rings. The first-order chi connectivity index (χ1) is 12.8. The molecule has 1 aliphatic heterocycles. The molecule has 0 radical (unpaired) electrons. The van der Waals surface area contributed by atoms with Crippen molar-refractivity contribution in [3.63, 3.8) is 0 Å². The number of ether oxygens (including phenoxy) is 1. The van der Waals surface area contributed by atoms with E-state index in [4.69, 9.17) is 4.74 Å². The summed E-state index contributed by atoms with van der Waals surface area (Å²) in [5.41, 5.74) is -0.146. The Balaban J connectivity index is 1.69. The van der Waals surface area contributed by atoms with E-state index in [1.807, 2.05) is 0 Å². The van der Waals surface area contributed by atoms with Gasteiger partial charge >= 0.3 is 12.1 Å². The van der Waals surface area contributed by atoms with Gasteiger partial charge in [-0.05, 0) is 25.7 Å². The van der Waals surface area contributed by atoms with Crippen molar-refractivity contribution < 1.29 is 27.5 Å². The lowest BCUT2D eigenvalue weighted by Crippen LogP contribution is -2.53. The standard InChI is InChI=1S/C17H23F3N4O3/c1-27-11-16(10-24(13-2-3-13)15(26)17(18,19)20)4-6-23(7-5-16)14(25)12-8-21-22-9-12/h8-9,13H,2-7,10-11H2,1H3,(H,21,22). The number of hydrogen-bond acceptors (Lipinski definition) is 4. The lowest BCUT2D eigenvalue weighted by molar-refractivity contribution is -0.188. The van der Waals surface area contributed by atoms with Crippen molar-refractivity contribution in [1.82, 2.24) is 20.0 Å². The van der Waals surface area contributed by atoms with Crippen LogP contribution in [0.25, 0.3) is 0 Å². The van der Waals surface area contributed by atoms with Gasteiger partial charge in [0, 0.05) is 44.4 Å². The van der Waals surface area contributed by atoms with Gasteiger partial charge in [0.2, 0.25) is 0 Å². The van der Waals surface area contributed by atoms with Crippen LogP contribution in [0.4, 0.5) is 13.2 Å². The second-order valence-corrected chi connectivity index (χ2v) is 7.37. The molecule has 1 aliphatic carbocycles. The molecule has 2 amide bonds. The van der Waals surface area contributed by atoms with Crippen LogP contribution in [-0.2, 0) is 9.53 Å². The second kappa shape index (κ2) is 7.49. The number of H-pyrrole nitrogens is 1. The van der Waals surface area contributed by atoms with Crippen LogP contribution in [0.2, 0.25) is 0 Å². The van der Waals surface area contributed by atoms with Gasteiger partial charge in [0.15, 0.2) is 0 Å². The van der Waals surface area contributed by atoms with E-state index in [9.17, 15) is 22.8 Å². The summed E-state index contributed by atoms with van der Waals surface area (Å²) in [7, 11) is 1.50. The lowest BCUT2D eigenvalue weighted by atomic mass is 9.78. The predicted octanol–water partition coefficient (Wildman–Crippen LogP) is 1.83. The predicted molar refractivity (Wildman–Crippen MR) is 88.8 cm³/mol. The minimum absolute atomic E-state index is 0.00239. The van der Waals surface area contributed by atoms with Crippen molar-refractivity contribution >= 4 is 11.8 Å². The molecular formula is C17H23F3N4O3. The van der Waals surface area contributed by atoms with E-state index < -0.39 is 17.5 Å². The molecule has 1 saturated heterocycles. The number of alkyl halides is 3. The number of rotatable bonds is 6. The molecule has 0 unspecified atom stereocenters. The number of nitrogens with one attached hydrogen (secondary N) is 1. The first kappa shape index (κ1) is 19.7. The number of nitrogens with zero attached hydrogens (tertiary/aromatic N) is 3.